The fourth-order valence-electron chi connectivity index (χ4n) is 8.52. The second-order valence-corrected chi connectivity index (χ2v) is 20.2. The Balaban J connectivity index is 2.32. The maximum absolute atomic E-state index is 12.9. The first-order chi connectivity index (χ1) is 33.1. The van der Waals surface area contributed by atoms with Gasteiger partial charge < -0.3 is 34.3 Å². The molecule has 1 fully saturated rings. The van der Waals surface area contributed by atoms with Crippen LogP contribution in [0.4, 0.5) is 0 Å². The van der Waals surface area contributed by atoms with Gasteiger partial charge in [0.2, 0.25) is 0 Å². The Morgan fingerprint density at radius 3 is 1.41 bits per heavy atom. The van der Waals surface area contributed by atoms with E-state index in [0.717, 1.165) is 44.9 Å². The Labute approximate surface area is 415 Å². The van der Waals surface area contributed by atoms with Crippen LogP contribution in [-0.4, -0.2) is 97.5 Å². The van der Waals surface area contributed by atoms with Gasteiger partial charge >= 0.3 is 16.4 Å². The van der Waals surface area contributed by atoms with E-state index in [0.29, 0.717) is 13.0 Å². The SMILES string of the molecule is CCCCCCC/C=C\C/C=C\CCCCCCCCCCCCCC(=O)OC(COCCCCCCCCCC/C=C\CCCCCCCC)COC1OC(CO)C(O)C(OS(=O)(=O)O)C1O. The predicted octanol–water partition coefficient (Wildman–Crippen LogP) is 13.3. The van der Waals surface area contributed by atoms with Crippen molar-refractivity contribution in [2.24, 2.45) is 0 Å². The lowest BCUT2D eigenvalue weighted by Crippen LogP contribution is -2.60. The molecule has 6 unspecified atom stereocenters. The fourth-order valence-corrected chi connectivity index (χ4v) is 9.03. The zero-order valence-electron chi connectivity index (χ0n) is 43.2. The van der Waals surface area contributed by atoms with Crippen LogP contribution in [0.2, 0.25) is 0 Å². The summed E-state index contributed by atoms with van der Waals surface area (Å²) in [6.45, 7) is 4.01. The van der Waals surface area contributed by atoms with E-state index in [1.165, 1.54) is 173 Å². The highest BCUT2D eigenvalue weighted by Crippen LogP contribution is 2.26. The molecule has 1 rings (SSSR count). The normalized spacial score (nSPS) is 19.5. The number of unbranched alkanes of at least 4 members (excludes halogenated alkanes) is 30. The molecule has 1 heterocycles. The van der Waals surface area contributed by atoms with Crippen LogP contribution >= 0.6 is 0 Å². The van der Waals surface area contributed by atoms with Crippen molar-refractivity contribution in [1.29, 1.82) is 0 Å². The first-order valence-corrected chi connectivity index (χ1v) is 29.1. The third-order valence-electron chi connectivity index (χ3n) is 12.7. The Bertz CT molecular complexity index is 1320. The first kappa shape index (κ1) is 64.3. The summed E-state index contributed by atoms with van der Waals surface area (Å²) in [5, 5.41) is 30.8. The van der Waals surface area contributed by atoms with Gasteiger partial charge in [-0.25, -0.2) is 4.18 Å². The van der Waals surface area contributed by atoms with Gasteiger partial charge in [0.25, 0.3) is 0 Å². The smallest absolute Gasteiger partial charge is 0.397 e. The lowest BCUT2D eigenvalue weighted by atomic mass is 9.99. The Morgan fingerprint density at radius 2 is 0.971 bits per heavy atom. The Kier molecular flexibility index (Phi) is 43.9. The molecular weight excluding hydrogens is 885 g/mol. The number of aliphatic hydroxyl groups excluding tert-OH is 3. The van der Waals surface area contributed by atoms with Crippen molar-refractivity contribution in [2.45, 2.75) is 282 Å². The highest BCUT2D eigenvalue weighted by Gasteiger charge is 2.48. The molecule has 1 saturated heterocycles. The van der Waals surface area contributed by atoms with Gasteiger partial charge in [0, 0.05) is 13.0 Å². The van der Waals surface area contributed by atoms with Crippen LogP contribution in [0.1, 0.15) is 245 Å². The summed E-state index contributed by atoms with van der Waals surface area (Å²) in [6, 6.07) is 0. The maximum Gasteiger partial charge on any atom is 0.397 e. The van der Waals surface area contributed by atoms with Crippen molar-refractivity contribution in [3.63, 3.8) is 0 Å². The summed E-state index contributed by atoms with van der Waals surface area (Å²) in [7, 11) is -5.07. The minimum Gasteiger partial charge on any atom is -0.457 e. The standard InChI is InChI=1S/C55H102O12S/c1-3-5-7-9-11-13-15-17-19-21-23-24-25-26-27-28-30-32-34-36-38-40-42-44-51(57)65-49(48-64-55-53(59)54(67-68(60,61)62)52(58)50(46-56)66-55)47-63-45-43-41-39-37-35-33-31-29-22-20-18-16-14-12-10-8-6-4-2/h15,17-18,20-21,23,49-50,52-56,58-59H,3-14,16,19,22,24-48H2,1-2H3,(H,60,61,62)/b17-15-,20-18-,23-21-. The van der Waals surface area contributed by atoms with Gasteiger partial charge in [0.1, 0.15) is 30.5 Å². The van der Waals surface area contributed by atoms with E-state index in [4.69, 9.17) is 18.9 Å². The van der Waals surface area contributed by atoms with Gasteiger partial charge in [-0.2, -0.15) is 8.42 Å². The summed E-state index contributed by atoms with van der Waals surface area (Å²) in [5.41, 5.74) is 0. The molecule has 0 amide bonds. The fraction of sp³-hybridized carbons (Fsp3) is 0.873. The third-order valence-corrected chi connectivity index (χ3v) is 13.2. The molecule has 0 aliphatic carbocycles. The molecular formula is C55H102O12S. The van der Waals surface area contributed by atoms with E-state index in [9.17, 15) is 33.1 Å². The number of allylic oxidation sites excluding steroid dienone is 6. The van der Waals surface area contributed by atoms with Crippen LogP contribution in [0.25, 0.3) is 0 Å². The molecule has 4 N–H and O–H groups in total. The average molecular weight is 987 g/mol. The Morgan fingerprint density at radius 1 is 0.559 bits per heavy atom. The van der Waals surface area contributed by atoms with Gasteiger partial charge in [-0.05, 0) is 70.6 Å². The molecule has 400 valence electrons. The van der Waals surface area contributed by atoms with E-state index in [1.54, 1.807) is 0 Å². The molecule has 0 aromatic carbocycles. The summed E-state index contributed by atoms with van der Waals surface area (Å²) >= 11 is 0. The molecule has 13 heteroatoms. The molecule has 0 radical (unpaired) electrons. The van der Waals surface area contributed by atoms with E-state index < -0.39 is 59.8 Å². The maximum atomic E-state index is 12.9. The second kappa shape index (κ2) is 46.4. The van der Waals surface area contributed by atoms with Crippen LogP contribution in [0.3, 0.4) is 0 Å². The molecule has 0 aromatic rings. The van der Waals surface area contributed by atoms with Crippen molar-refractivity contribution < 1.29 is 56.2 Å². The average Bonchev–Trinajstić information content (AvgIpc) is 3.31. The number of hydrogen-bond acceptors (Lipinski definition) is 11. The molecule has 0 aromatic heterocycles. The molecule has 0 bridgehead atoms. The topological polar surface area (TPSA) is 178 Å². The predicted molar refractivity (Wildman–Crippen MR) is 276 cm³/mol. The summed E-state index contributed by atoms with van der Waals surface area (Å²) in [5.74, 6) is -0.399. The van der Waals surface area contributed by atoms with Crippen LogP contribution in [0, 0.1) is 0 Å². The molecule has 1 aliphatic rings. The molecule has 0 spiro atoms. The largest absolute Gasteiger partial charge is 0.457 e. The minimum absolute atomic E-state index is 0.0349. The molecule has 1 aliphatic heterocycles. The van der Waals surface area contributed by atoms with E-state index in [-0.39, 0.29) is 19.6 Å². The van der Waals surface area contributed by atoms with Crippen LogP contribution in [0.15, 0.2) is 36.5 Å². The lowest BCUT2D eigenvalue weighted by Gasteiger charge is -2.41. The van der Waals surface area contributed by atoms with Crippen molar-refractivity contribution >= 4 is 16.4 Å². The second-order valence-electron chi connectivity index (χ2n) is 19.2. The van der Waals surface area contributed by atoms with Gasteiger partial charge in [-0.3, -0.25) is 9.35 Å². The van der Waals surface area contributed by atoms with Crippen LogP contribution in [-0.2, 0) is 38.3 Å². The van der Waals surface area contributed by atoms with Crippen molar-refractivity contribution in [1.82, 2.24) is 0 Å². The quantitative estimate of drug-likeness (QED) is 0.0197. The summed E-state index contributed by atoms with van der Waals surface area (Å²) in [6.07, 6.45) is 47.4. The molecule has 68 heavy (non-hydrogen) atoms. The number of carbonyl (C=O) groups is 1. The van der Waals surface area contributed by atoms with Gasteiger partial charge in [-0.1, -0.05) is 204 Å². The van der Waals surface area contributed by atoms with E-state index in [1.807, 2.05) is 0 Å². The zero-order chi connectivity index (χ0) is 49.6. The zero-order valence-corrected chi connectivity index (χ0v) is 44.0. The van der Waals surface area contributed by atoms with Crippen molar-refractivity contribution in [3.05, 3.63) is 36.5 Å². The van der Waals surface area contributed by atoms with E-state index >= 15 is 0 Å². The summed E-state index contributed by atoms with van der Waals surface area (Å²) < 4.78 is 59.4. The number of rotatable bonds is 49. The highest BCUT2D eigenvalue weighted by atomic mass is 32.3. The van der Waals surface area contributed by atoms with E-state index in [2.05, 4.69) is 54.5 Å². The third kappa shape index (κ3) is 39.0. The van der Waals surface area contributed by atoms with Crippen molar-refractivity contribution in [3.8, 4) is 0 Å². The number of hydrogen-bond donors (Lipinski definition) is 4. The number of ether oxygens (including phenoxy) is 4. The summed E-state index contributed by atoms with van der Waals surface area (Å²) in [4.78, 5) is 12.9. The van der Waals surface area contributed by atoms with Crippen molar-refractivity contribution in [2.75, 3.05) is 26.4 Å². The minimum atomic E-state index is -5.07. The van der Waals surface area contributed by atoms with Gasteiger partial charge in [0.05, 0.1) is 19.8 Å². The van der Waals surface area contributed by atoms with Gasteiger partial charge in [0.15, 0.2) is 6.29 Å². The molecule has 12 nitrogen and oxygen atoms in total. The van der Waals surface area contributed by atoms with Crippen LogP contribution in [0.5, 0.6) is 0 Å². The van der Waals surface area contributed by atoms with Crippen LogP contribution < -0.4 is 0 Å². The first-order valence-electron chi connectivity index (χ1n) is 27.7. The van der Waals surface area contributed by atoms with Gasteiger partial charge in [-0.15, -0.1) is 0 Å². The lowest BCUT2D eigenvalue weighted by molar-refractivity contribution is -0.301. The monoisotopic (exact) mass is 987 g/mol. The number of carbonyl (C=O) groups excluding carboxylic acids is 1. The number of esters is 1. The molecule has 6 atom stereocenters. The highest BCUT2D eigenvalue weighted by molar-refractivity contribution is 7.80. The number of aliphatic hydroxyl groups is 3. The Hall–Kier alpha value is -1.68. The molecule has 0 saturated carbocycles.